The van der Waals surface area contributed by atoms with Crippen LogP contribution in [0.15, 0.2) is 12.1 Å². The Morgan fingerprint density at radius 3 is 2.61 bits per heavy atom. The summed E-state index contributed by atoms with van der Waals surface area (Å²) in [7, 11) is -0.0912. The van der Waals surface area contributed by atoms with E-state index in [9.17, 15) is 19.6 Å². The lowest BCUT2D eigenvalue weighted by Crippen LogP contribution is -2.35. The second kappa shape index (κ2) is 6.21. The van der Waals surface area contributed by atoms with Crippen LogP contribution in [0.2, 0.25) is 0 Å². The van der Waals surface area contributed by atoms with Crippen molar-refractivity contribution in [3.8, 4) is 0 Å². The number of fused-ring (bicyclic) bond motifs is 1. The van der Waals surface area contributed by atoms with Crippen LogP contribution in [0.25, 0.3) is 0 Å². The summed E-state index contributed by atoms with van der Waals surface area (Å²) in [4.78, 5) is 25.3. The Hall–Kier alpha value is -2.06. The van der Waals surface area contributed by atoms with Gasteiger partial charge in [0.2, 0.25) is 0 Å². The second-order valence-electron chi connectivity index (χ2n) is 6.60. The fourth-order valence-corrected chi connectivity index (χ4v) is 2.38. The molecule has 7 nitrogen and oxygen atoms in total. The molecule has 1 aromatic rings. The van der Waals surface area contributed by atoms with E-state index in [0.29, 0.717) is 17.7 Å². The number of carbonyl (C=O) groups is 2. The Morgan fingerprint density at radius 1 is 1.39 bits per heavy atom. The van der Waals surface area contributed by atoms with Gasteiger partial charge in [0.1, 0.15) is 5.60 Å². The van der Waals surface area contributed by atoms with Crippen LogP contribution in [0.1, 0.15) is 42.3 Å². The Kier molecular flexibility index (Phi) is 4.67. The first-order chi connectivity index (χ1) is 10.6. The highest BCUT2D eigenvalue weighted by Crippen LogP contribution is 2.21. The number of ether oxygens (including phenoxy) is 1. The molecule has 1 aliphatic heterocycles. The van der Waals surface area contributed by atoms with Gasteiger partial charge in [0, 0.05) is 25.7 Å². The molecule has 2 rings (SSSR count). The van der Waals surface area contributed by atoms with E-state index in [2.05, 4.69) is 5.32 Å². The van der Waals surface area contributed by atoms with E-state index in [1.165, 1.54) is 11.0 Å². The number of amides is 2. The van der Waals surface area contributed by atoms with Crippen LogP contribution >= 0.6 is 0 Å². The van der Waals surface area contributed by atoms with E-state index in [4.69, 9.17) is 4.74 Å². The smallest absolute Gasteiger partial charge is 0.444 e. The number of benzene rings is 1. The first-order valence-corrected chi connectivity index (χ1v) is 7.32. The summed E-state index contributed by atoms with van der Waals surface area (Å²) >= 11 is 0. The number of hydrogen-bond acceptors (Lipinski definition) is 5. The fraction of sp³-hybridized carbons (Fsp3) is 0.467. The molecular formula is C15H21BN2O5. The molecule has 0 saturated heterocycles. The molecule has 8 heteroatoms. The number of carbonyl (C=O) groups excluding carboxylic acids is 2. The van der Waals surface area contributed by atoms with Crippen molar-refractivity contribution in [3.63, 3.8) is 0 Å². The average molecular weight is 320 g/mol. The van der Waals surface area contributed by atoms with Crippen LogP contribution in [0.3, 0.4) is 0 Å². The molecule has 0 bridgehead atoms. The Morgan fingerprint density at radius 2 is 2.04 bits per heavy atom. The van der Waals surface area contributed by atoms with Crippen molar-refractivity contribution in [1.29, 1.82) is 0 Å². The van der Waals surface area contributed by atoms with Gasteiger partial charge in [-0.05, 0) is 43.4 Å². The van der Waals surface area contributed by atoms with Gasteiger partial charge in [-0.2, -0.15) is 0 Å². The zero-order chi connectivity index (χ0) is 17.4. The monoisotopic (exact) mass is 320 g/mol. The molecule has 0 saturated carbocycles. The minimum atomic E-state index is -1.68. The van der Waals surface area contributed by atoms with Crippen molar-refractivity contribution in [3.05, 3.63) is 28.8 Å². The number of hydrogen-bond donors (Lipinski definition) is 3. The van der Waals surface area contributed by atoms with Crippen LogP contribution in [0.4, 0.5) is 4.79 Å². The third-order valence-electron chi connectivity index (χ3n) is 3.45. The van der Waals surface area contributed by atoms with Crippen molar-refractivity contribution in [2.45, 2.75) is 39.5 Å². The lowest BCUT2D eigenvalue weighted by Gasteiger charge is -2.25. The third kappa shape index (κ3) is 4.03. The Balaban J connectivity index is 2.27. The SMILES string of the molecule is CN(Cc1cc(B(O)O)cc2c1CNC2=O)C(=O)OC(C)(C)C. The van der Waals surface area contributed by atoms with Gasteiger partial charge in [-0.1, -0.05) is 6.07 Å². The van der Waals surface area contributed by atoms with Gasteiger partial charge in [-0.15, -0.1) is 0 Å². The zero-order valence-electron chi connectivity index (χ0n) is 13.7. The van der Waals surface area contributed by atoms with E-state index in [-0.39, 0.29) is 17.9 Å². The summed E-state index contributed by atoms with van der Waals surface area (Å²) in [5, 5.41) is 21.5. The van der Waals surface area contributed by atoms with Crippen LogP contribution in [0.5, 0.6) is 0 Å². The highest BCUT2D eigenvalue weighted by atomic mass is 16.6. The average Bonchev–Trinajstić information content (AvgIpc) is 2.78. The van der Waals surface area contributed by atoms with E-state index in [1.807, 2.05) is 0 Å². The molecule has 23 heavy (non-hydrogen) atoms. The van der Waals surface area contributed by atoms with Gasteiger partial charge in [0.15, 0.2) is 0 Å². The quantitative estimate of drug-likeness (QED) is 0.680. The molecule has 0 aliphatic carbocycles. The van der Waals surface area contributed by atoms with E-state index < -0.39 is 18.8 Å². The number of nitrogens with zero attached hydrogens (tertiary/aromatic N) is 1. The standard InChI is InChI=1S/C15H21BN2O5/c1-15(2,3)23-14(20)18(4)8-9-5-10(16(21)22)6-11-12(9)7-17-13(11)19/h5-6,21-22H,7-8H2,1-4H3,(H,17,19). The van der Waals surface area contributed by atoms with Gasteiger partial charge < -0.3 is 25.0 Å². The summed E-state index contributed by atoms with van der Waals surface area (Å²) in [6, 6.07) is 3.05. The molecule has 0 aromatic heterocycles. The largest absolute Gasteiger partial charge is 0.488 e. The summed E-state index contributed by atoms with van der Waals surface area (Å²) < 4.78 is 5.30. The molecule has 3 N–H and O–H groups in total. The Labute approximate surface area is 135 Å². The van der Waals surface area contributed by atoms with Crippen molar-refractivity contribution >= 4 is 24.6 Å². The van der Waals surface area contributed by atoms with Gasteiger partial charge in [-0.3, -0.25) is 4.79 Å². The maximum absolute atomic E-state index is 12.1. The maximum Gasteiger partial charge on any atom is 0.488 e. The molecule has 0 spiro atoms. The van der Waals surface area contributed by atoms with Gasteiger partial charge in [0.05, 0.1) is 0 Å². The summed E-state index contributed by atoms with van der Waals surface area (Å²) in [6.07, 6.45) is -0.488. The molecule has 124 valence electrons. The molecule has 1 heterocycles. The Bertz CT molecular complexity index is 639. The van der Waals surface area contributed by atoms with E-state index >= 15 is 0 Å². The lowest BCUT2D eigenvalue weighted by atomic mass is 9.77. The van der Waals surface area contributed by atoms with Gasteiger partial charge in [-0.25, -0.2) is 4.79 Å². The van der Waals surface area contributed by atoms with E-state index in [0.717, 1.165) is 5.56 Å². The molecular weight excluding hydrogens is 299 g/mol. The summed E-state index contributed by atoms with van der Waals surface area (Å²) in [6.45, 7) is 5.89. The highest BCUT2D eigenvalue weighted by Gasteiger charge is 2.27. The van der Waals surface area contributed by atoms with Gasteiger partial charge in [0.25, 0.3) is 5.91 Å². The lowest BCUT2D eigenvalue weighted by molar-refractivity contribution is 0.0284. The van der Waals surface area contributed by atoms with Crippen LogP contribution in [-0.2, 0) is 17.8 Å². The molecule has 1 aliphatic rings. The first kappa shape index (κ1) is 17.3. The molecule has 0 fully saturated rings. The number of rotatable bonds is 3. The normalized spacial score (nSPS) is 13.4. The topological polar surface area (TPSA) is 99.1 Å². The zero-order valence-corrected chi connectivity index (χ0v) is 13.7. The van der Waals surface area contributed by atoms with Crippen molar-refractivity contribution in [2.75, 3.05) is 7.05 Å². The minimum absolute atomic E-state index is 0.201. The van der Waals surface area contributed by atoms with Crippen LogP contribution in [0, 0.1) is 0 Å². The predicted octanol–water partition coefficient (Wildman–Crippen LogP) is -0.0233. The molecule has 1 aromatic carbocycles. The molecule has 0 radical (unpaired) electrons. The number of nitrogens with one attached hydrogen (secondary N) is 1. The molecule has 0 atom stereocenters. The maximum atomic E-state index is 12.1. The highest BCUT2D eigenvalue weighted by molar-refractivity contribution is 6.58. The van der Waals surface area contributed by atoms with Crippen molar-refractivity contribution < 1.29 is 24.4 Å². The van der Waals surface area contributed by atoms with Crippen molar-refractivity contribution in [1.82, 2.24) is 10.2 Å². The van der Waals surface area contributed by atoms with Crippen LogP contribution in [-0.4, -0.2) is 46.7 Å². The van der Waals surface area contributed by atoms with E-state index in [1.54, 1.807) is 33.9 Å². The van der Waals surface area contributed by atoms with Crippen LogP contribution < -0.4 is 10.8 Å². The summed E-state index contributed by atoms with van der Waals surface area (Å²) in [5.41, 5.74) is 1.46. The first-order valence-electron chi connectivity index (χ1n) is 7.32. The van der Waals surface area contributed by atoms with Gasteiger partial charge >= 0.3 is 13.2 Å². The fourth-order valence-electron chi connectivity index (χ4n) is 2.38. The predicted molar refractivity (Wildman–Crippen MR) is 85.1 cm³/mol. The second-order valence-corrected chi connectivity index (χ2v) is 6.60. The van der Waals surface area contributed by atoms with Crippen molar-refractivity contribution in [2.24, 2.45) is 0 Å². The third-order valence-corrected chi connectivity index (χ3v) is 3.45. The minimum Gasteiger partial charge on any atom is -0.444 e. The molecule has 0 unspecified atom stereocenters. The molecule has 2 amide bonds. The summed E-state index contributed by atoms with van der Waals surface area (Å²) in [5.74, 6) is -0.260.